The summed E-state index contributed by atoms with van der Waals surface area (Å²) in [5.74, 6) is 0. The van der Waals surface area contributed by atoms with Crippen molar-refractivity contribution in [3.05, 3.63) is 0 Å². The quantitative estimate of drug-likeness (QED) is 0.306. The van der Waals surface area contributed by atoms with Gasteiger partial charge in [-0.3, -0.25) is 0 Å². The average Bonchev–Trinajstić information content (AvgIpc) is 2.73. The van der Waals surface area contributed by atoms with Crippen LogP contribution < -0.4 is 0 Å². The lowest BCUT2D eigenvalue weighted by molar-refractivity contribution is 0.179. The molecule has 0 radical (unpaired) electrons. The lowest BCUT2D eigenvalue weighted by atomic mass is 9.98. The summed E-state index contributed by atoms with van der Waals surface area (Å²) in [6.45, 7) is 8.32. The molecule has 0 aromatic heterocycles. The Morgan fingerprint density at radius 1 is 0.379 bits per heavy atom. The standard InChI is InChI=1S/C17H44O8Si4/c1-18-26(9,19-2)13-17(14-27(10,20-3)21-4,15-28(11,22-5)23-6)16-29(12,24-7)25-8/h13-16H2,1-12H3. The first kappa shape index (κ1) is 29.5. The van der Waals surface area contributed by atoms with Gasteiger partial charge in [-0.15, -0.1) is 0 Å². The van der Waals surface area contributed by atoms with Crippen LogP contribution in [-0.4, -0.2) is 91.1 Å². The van der Waals surface area contributed by atoms with Gasteiger partial charge < -0.3 is 35.4 Å². The minimum Gasteiger partial charge on any atom is -0.398 e. The first-order valence-electron chi connectivity index (χ1n) is 9.73. The van der Waals surface area contributed by atoms with Crippen molar-refractivity contribution in [3.8, 4) is 0 Å². The van der Waals surface area contributed by atoms with Crippen molar-refractivity contribution < 1.29 is 35.4 Å². The summed E-state index contributed by atoms with van der Waals surface area (Å²) in [6.07, 6.45) is 0. The Kier molecular flexibility index (Phi) is 12.2. The Bertz CT molecular complexity index is 381. The van der Waals surface area contributed by atoms with Gasteiger partial charge in [0.15, 0.2) is 0 Å². The lowest BCUT2D eigenvalue weighted by Gasteiger charge is -2.47. The molecule has 0 heterocycles. The average molecular weight is 489 g/mol. The van der Waals surface area contributed by atoms with Crippen LogP contribution in [0.5, 0.6) is 0 Å². The van der Waals surface area contributed by atoms with E-state index in [1.54, 1.807) is 56.9 Å². The van der Waals surface area contributed by atoms with Crippen molar-refractivity contribution in [3.63, 3.8) is 0 Å². The SMILES string of the molecule is CO[Si](C)(CC(C[Si](C)(OC)OC)(C[Si](C)(OC)OC)C[Si](C)(OC)OC)OC. The van der Waals surface area contributed by atoms with Crippen LogP contribution in [0.25, 0.3) is 0 Å². The normalized spacial score (nSPS) is 14.5. The molecule has 0 aliphatic heterocycles. The van der Waals surface area contributed by atoms with Gasteiger partial charge in [0.25, 0.3) is 0 Å². The summed E-state index contributed by atoms with van der Waals surface area (Å²) < 4.78 is 47.2. The van der Waals surface area contributed by atoms with Gasteiger partial charge in [0, 0.05) is 56.9 Å². The van der Waals surface area contributed by atoms with Crippen LogP contribution in [0, 0.1) is 5.41 Å². The van der Waals surface area contributed by atoms with Gasteiger partial charge in [0.2, 0.25) is 0 Å². The summed E-state index contributed by atoms with van der Waals surface area (Å²) in [5, 5.41) is 0. The monoisotopic (exact) mass is 488 g/mol. The second-order valence-corrected chi connectivity index (χ2v) is 22.1. The first-order valence-corrected chi connectivity index (χ1v) is 19.8. The fourth-order valence-electron chi connectivity index (χ4n) is 4.01. The van der Waals surface area contributed by atoms with Crippen molar-refractivity contribution in [1.82, 2.24) is 0 Å². The molecule has 0 N–H and O–H groups in total. The van der Waals surface area contributed by atoms with Gasteiger partial charge >= 0.3 is 34.2 Å². The van der Waals surface area contributed by atoms with E-state index in [1.807, 2.05) is 0 Å². The van der Waals surface area contributed by atoms with Crippen molar-refractivity contribution in [2.75, 3.05) is 56.9 Å². The highest BCUT2D eigenvalue weighted by molar-refractivity contribution is 6.71. The molecule has 0 amide bonds. The highest BCUT2D eigenvalue weighted by atomic mass is 28.4. The molecule has 0 aliphatic rings. The molecule has 8 nitrogen and oxygen atoms in total. The van der Waals surface area contributed by atoms with E-state index in [9.17, 15) is 0 Å². The van der Waals surface area contributed by atoms with Gasteiger partial charge in [-0.1, -0.05) is 0 Å². The predicted octanol–water partition coefficient (Wildman–Crippen LogP) is 3.43. The Hall–Kier alpha value is 0.548. The highest BCUT2D eigenvalue weighted by Crippen LogP contribution is 2.50. The third-order valence-corrected chi connectivity index (χ3v) is 18.7. The maximum atomic E-state index is 5.91. The van der Waals surface area contributed by atoms with Crippen molar-refractivity contribution in [2.45, 2.75) is 50.4 Å². The lowest BCUT2D eigenvalue weighted by Crippen LogP contribution is -2.55. The fourth-order valence-corrected chi connectivity index (χ4v) is 14.3. The Labute approximate surface area is 182 Å². The van der Waals surface area contributed by atoms with Gasteiger partial charge in [0.05, 0.1) is 0 Å². The molecule has 0 saturated carbocycles. The van der Waals surface area contributed by atoms with Gasteiger partial charge in [0.1, 0.15) is 0 Å². The fraction of sp³-hybridized carbons (Fsp3) is 1.00. The molecule has 0 aromatic carbocycles. The number of hydrogen-bond donors (Lipinski definition) is 0. The number of rotatable bonds is 16. The molecular formula is C17H44O8Si4. The molecule has 0 saturated heterocycles. The third kappa shape index (κ3) is 8.54. The highest BCUT2D eigenvalue weighted by Gasteiger charge is 2.55. The zero-order chi connectivity index (χ0) is 23.0. The van der Waals surface area contributed by atoms with Crippen molar-refractivity contribution in [2.24, 2.45) is 5.41 Å². The van der Waals surface area contributed by atoms with E-state index in [2.05, 4.69) is 26.2 Å². The van der Waals surface area contributed by atoms with E-state index >= 15 is 0 Å². The maximum Gasteiger partial charge on any atom is 0.334 e. The smallest absolute Gasteiger partial charge is 0.334 e. The maximum absolute atomic E-state index is 5.91. The minimum atomic E-state index is -2.48. The van der Waals surface area contributed by atoms with Crippen LogP contribution >= 0.6 is 0 Å². The Morgan fingerprint density at radius 2 is 0.517 bits per heavy atom. The zero-order valence-corrected chi connectivity index (χ0v) is 24.6. The molecular weight excluding hydrogens is 445 g/mol. The summed E-state index contributed by atoms with van der Waals surface area (Å²) in [5.41, 5.74) is -0.306. The van der Waals surface area contributed by atoms with E-state index in [1.165, 1.54) is 0 Å². The first-order chi connectivity index (χ1) is 13.3. The molecule has 12 heteroatoms. The second kappa shape index (κ2) is 12.0. The number of hydrogen-bond acceptors (Lipinski definition) is 8. The van der Waals surface area contributed by atoms with Crippen molar-refractivity contribution >= 4 is 34.2 Å². The Balaban J connectivity index is 6.57. The van der Waals surface area contributed by atoms with Crippen molar-refractivity contribution in [1.29, 1.82) is 0 Å². The molecule has 176 valence electrons. The zero-order valence-electron chi connectivity index (χ0n) is 20.6. The van der Waals surface area contributed by atoms with Crippen LogP contribution in [0.2, 0.25) is 50.4 Å². The van der Waals surface area contributed by atoms with Crippen LogP contribution in [0.3, 0.4) is 0 Å². The summed E-state index contributed by atoms with van der Waals surface area (Å²) >= 11 is 0. The van der Waals surface area contributed by atoms with Crippen LogP contribution in [0.15, 0.2) is 0 Å². The molecule has 29 heavy (non-hydrogen) atoms. The molecule has 0 atom stereocenters. The van der Waals surface area contributed by atoms with Gasteiger partial charge in [-0.2, -0.15) is 0 Å². The minimum absolute atomic E-state index is 0.306. The molecule has 0 unspecified atom stereocenters. The molecule has 0 aromatic rings. The predicted molar refractivity (Wildman–Crippen MR) is 124 cm³/mol. The van der Waals surface area contributed by atoms with E-state index < -0.39 is 34.2 Å². The molecule has 0 spiro atoms. The van der Waals surface area contributed by atoms with Gasteiger partial charge in [-0.05, 0) is 55.8 Å². The molecule has 0 fully saturated rings. The summed E-state index contributed by atoms with van der Waals surface area (Å²) in [4.78, 5) is 0. The second-order valence-electron chi connectivity index (χ2n) is 8.38. The third-order valence-electron chi connectivity index (χ3n) is 6.24. The van der Waals surface area contributed by atoms with Crippen LogP contribution in [0.1, 0.15) is 0 Å². The molecule has 0 aliphatic carbocycles. The molecule has 0 bridgehead atoms. The van der Waals surface area contributed by atoms with Crippen LogP contribution in [-0.2, 0) is 35.4 Å². The topological polar surface area (TPSA) is 73.8 Å². The van der Waals surface area contributed by atoms with E-state index in [0.29, 0.717) is 0 Å². The van der Waals surface area contributed by atoms with E-state index in [-0.39, 0.29) is 5.41 Å². The van der Waals surface area contributed by atoms with E-state index in [4.69, 9.17) is 35.4 Å². The van der Waals surface area contributed by atoms with Crippen LogP contribution in [0.4, 0.5) is 0 Å². The van der Waals surface area contributed by atoms with E-state index in [0.717, 1.165) is 24.2 Å². The summed E-state index contributed by atoms with van der Waals surface area (Å²) in [6, 6.07) is 2.92. The Morgan fingerprint density at radius 3 is 0.621 bits per heavy atom. The van der Waals surface area contributed by atoms with Gasteiger partial charge in [-0.25, -0.2) is 0 Å². The largest absolute Gasteiger partial charge is 0.398 e. The molecule has 0 rings (SSSR count). The summed E-state index contributed by atoms with van der Waals surface area (Å²) in [7, 11) is 3.85.